The number of anilines is 2. The average molecular weight is 512 g/mol. The third-order valence-corrected chi connectivity index (χ3v) is 6.94. The van der Waals surface area contributed by atoms with Gasteiger partial charge in [0, 0.05) is 28.3 Å². The normalized spacial score (nSPS) is 11.4. The van der Waals surface area contributed by atoms with Gasteiger partial charge < -0.3 is 10.6 Å². The molecule has 0 aliphatic carbocycles. The van der Waals surface area contributed by atoms with Gasteiger partial charge in [-0.2, -0.15) is 0 Å². The minimum Gasteiger partial charge on any atom is -0.324 e. The quantitative estimate of drug-likeness (QED) is 0.152. The molecule has 1 unspecified atom stereocenters. The first-order valence-corrected chi connectivity index (χ1v) is 12.4. The SMILES string of the molecule is Cc1ccc(C(=O)Nc2cccc(SC(C(=O)Nc3cc([N+](=O)[O-])ccc3C)c3ccccc3)c2)cc1. The average Bonchev–Trinajstić information content (AvgIpc) is 2.89. The van der Waals surface area contributed by atoms with Gasteiger partial charge in [0.15, 0.2) is 0 Å². The van der Waals surface area contributed by atoms with Gasteiger partial charge in [0.1, 0.15) is 5.25 Å². The Balaban J connectivity index is 1.56. The lowest BCUT2D eigenvalue weighted by molar-refractivity contribution is -0.384. The van der Waals surface area contributed by atoms with E-state index in [0.717, 1.165) is 21.6 Å². The number of thioether (sulfide) groups is 1. The van der Waals surface area contributed by atoms with Crippen LogP contribution in [0.25, 0.3) is 0 Å². The Morgan fingerprint density at radius 3 is 2.27 bits per heavy atom. The van der Waals surface area contributed by atoms with Gasteiger partial charge in [-0.25, -0.2) is 0 Å². The summed E-state index contributed by atoms with van der Waals surface area (Å²) in [4.78, 5) is 37.6. The molecule has 0 saturated carbocycles. The summed E-state index contributed by atoms with van der Waals surface area (Å²) >= 11 is 1.33. The molecule has 0 radical (unpaired) electrons. The van der Waals surface area contributed by atoms with Crippen LogP contribution in [0.2, 0.25) is 0 Å². The van der Waals surface area contributed by atoms with Gasteiger partial charge >= 0.3 is 0 Å². The fourth-order valence-electron chi connectivity index (χ4n) is 3.65. The lowest BCUT2D eigenvalue weighted by atomic mass is 10.1. The number of non-ortho nitro benzene ring substituents is 1. The maximum atomic E-state index is 13.5. The summed E-state index contributed by atoms with van der Waals surface area (Å²) < 4.78 is 0. The highest BCUT2D eigenvalue weighted by atomic mass is 32.2. The van der Waals surface area contributed by atoms with Crippen molar-refractivity contribution in [1.82, 2.24) is 0 Å². The summed E-state index contributed by atoms with van der Waals surface area (Å²) in [6, 6.07) is 28.3. The van der Waals surface area contributed by atoms with E-state index in [0.29, 0.717) is 16.9 Å². The predicted molar refractivity (Wildman–Crippen MR) is 147 cm³/mol. The molecule has 8 heteroatoms. The summed E-state index contributed by atoms with van der Waals surface area (Å²) in [7, 11) is 0. The smallest absolute Gasteiger partial charge is 0.271 e. The molecule has 0 bridgehead atoms. The number of hydrogen-bond donors (Lipinski definition) is 2. The van der Waals surface area contributed by atoms with E-state index >= 15 is 0 Å². The summed E-state index contributed by atoms with van der Waals surface area (Å²) in [5.41, 5.74) is 4.02. The molecule has 1 atom stereocenters. The van der Waals surface area contributed by atoms with E-state index in [1.807, 2.05) is 67.6 Å². The molecule has 0 heterocycles. The first-order chi connectivity index (χ1) is 17.8. The molecule has 186 valence electrons. The van der Waals surface area contributed by atoms with Crippen molar-refractivity contribution in [3.63, 3.8) is 0 Å². The molecule has 0 aromatic heterocycles. The highest BCUT2D eigenvalue weighted by Crippen LogP contribution is 2.37. The van der Waals surface area contributed by atoms with Gasteiger partial charge in [-0.05, 0) is 55.3 Å². The first-order valence-electron chi connectivity index (χ1n) is 11.6. The highest BCUT2D eigenvalue weighted by molar-refractivity contribution is 8.00. The minimum absolute atomic E-state index is 0.0955. The zero-order valence-corrected chi connectivity index (χ0v) is 21.1. The van der Waals surface area contributed by atoms with E-state index in [9.17, 15) is 19.7 Å². The van der Waals surface area contributed by atoms with Crippen molar-refractivity contribution in [3.05, 3.63) is 129 Å². The lowest BCUT2D eigenvalue weighted by Gasteiger charge is -2.18. The molecular weight excluding hydrogens is 486 g/mol. The number of nitrogens with zero attached hydrogens (tertiary/aromatic N) is 1. The monoisotopic (exact) mass is 511 g/mol. The first kappa shape index (κ1) is 25.7. The number of benzene rings is 4. The van der Waals surface area contributed by atoms with Gasteiger partial charge in [-0.1, -0.05) is 60.2 Å². The Morgan fingerprint density at radius 1 is 0.838 bits per heavy atom. The van der Waals surface area contributed by atoms with E-state index < -0.39 is 10.2 Å². The van der Waals surface area contributed by atoms with E-state index in [2.05, 4.69) is 10.6 Å². The Bertz CT molecular complexity index is 1440. The van der Waals surface area contributed by atoms with Crippen LogP contribution in [-0.4, -0.2) is 16.7 Å². The van der Waals surface area contributed by atoms with Crippen molar-refractivity contribution in [2.45, 2.75) is 24.0 Å². The maximum Gasteiger partial charge on any atom is 0.271 e. The molecule has 0 fully saturated rings. The number of hydrogen-bond acceptors (Lipinski definition) is 5. The van der Waals surface area contributed by atoms with Crippen LogP contribution >= 0.6 is 11.8 Å². The van der Waals surface area contributed by atoms with Crippen LogP contribution in [0, 0.1) is 24.0 Å². The zero-order valence-electron chi connectivity index (χ0n) is 20.3. The second-order valence-corrected chi connectivity index (χ2v) is 9.68. The molecule has 4 rings (SSSR count). The second-order valence-electron chi connectivity index (χ2n) is 8.50. The van der Waals surface area contributed by atoms with Crippen LogP contribution in [0.1, 0.15) is 32.3 Å². The van der Waals surface area contributed by atoms with Gasteiger partial charge in [-0.15, -0.1) is 11.8 Å². The Hall–Kier alpha value is -4.43. The molecule has 4 aromatic carbocycles. The molecule has 0 aliphatic heterocycles. The molecule has 0 saturated heterocycles. The standard InChI is InChI=1S/C29H25N3O4S/c1-19-11-14-22(15-12-19)28(33)30-23-9-6-10-25(17-23)37-27(21-7-4-3-5-8-21)29(34)31-26-18-24(32(35)36)16-13-20(26)2/h3-18,27H,1-2H3,(H,30,33)(H,31,34). The number of nitrogens with one attached hydrogen (secondary N) is 2. The summed E-state index contributed by atoms with van der Waals surface area (Å²) in [5.74, 6) is -0.533. The Labute approximate surface area is 219 Å². The number of amides is 2. The van der Waals surface area contributed by atoms with Crippen molar-refractivity contribution in [1.29, 1.82) is 0 Å². The Morgan fingerprint density at radius 2 is 1.57 bits per heavy atom. The van der Waals surface area contributed by atoms with Crippen molar-refractivity contribution in [2.24, 2.45) is 0 Å². The topological polar surface area (TPSA) is 101 Å². The summed E-state index contributed by atoms with van der Waals surface area (Å²) in [6.07, 6.45) is 0. The largest absolute Gasteiger partial charge is 0.324 e. The molecular formula is C29H25N3O4S. The van der Waals surface area contributed by atoms with Gasteiger partial charge in [0.05, 0.1) is 10.6 Å². The van der Waals surface area contributed by atoms with Gasteiger partial charge in [0.25, 0.3) is 11.6 Å². The molecule has 37 heavy (non-hydrogen) atoms. The van der Waals surface area contributed by atoms with Crippen LogP contribution in [-0.2, 0) is 4.79 Å². The fourth-order valence-corrected chi connectivity index (χ4v) is 4.73. The van der Waals surface area contributed by atoms with Crippen LogP contribution in [0.15, 0.2) is 102 Å². The third kappa shape index (κ3) is 6.62. The fraction of sp³-hybridized carbons (Fsp3) is 0.103. The van der Waals surface area contributed by atoms with Crippen LogP contribution < -0.4 is 10.6 Å². The summed E-state index contributed by atoms with van der Waals surface area (Å²) in [6.45, 7) is 3.74. The highest BCUT2D eigenvalue weighted by Gasteiger charge is 2.23. The van der Waals surface area contributed by atoms with E-state index in [-0.39, 0.29) is 17.5 Å². The summed E-state index contributed by atoms with van der Waals surface area (Å²) in [5, 5.41) is 16.4. The maximum absolute atomic E-state index is 13.5. The molecule has 2 N–H and O–H groups in total. The predicted octanol–water partition coefficient (Wildman–Crippen LogP) is 6.94. The van der Waals surface area contributed by atoms with Crippen LogP contribution in [0.3, 0.4) is 0 Å². The molecule has 4 aromatic rings. The van der Waals surface area contributed by atoms with Crippen molar-refractivity contribution in [2.75, 3.05) is 10.6 Å². The Kier molecular flexibility index (Phi) is 8.00. The number of nitro benzene ring substituents is 1. The van der Waals surface area contributed by atoms with Crippen molar-refractivity contribution >= 4 is 40.6 Å². The van der Waals surface area contributed by atoms with Gasteiger partial charge in [0.2, 0.25) is 5.91 Å². The zero-order chi connectivity index (χ0) is 26.4. The van der Waals surface area contributed by atoms with Crippen molar-refractivity contribution < 1.29 is 14.5 Å². The molecule has 0 spiro atoms. The second kappa shape index (κ2) is 11.5. The van der Waals surface area contributed by atoms with E-state index in [1.165, 1.54) is 23.9 Å². The molecule has 0 aliphatic rings. The van der Waals surface area contributed by atoms with Crippen LogP contribution in [0.5, 0.6) is 0 Å². The number of aryl methyl sites for hydroxylation is 2. The van der Waals surface area contributed by atoms with Crippen LogP contribution in [0.4, 0.5) is 17.1 Å². The van der Waals surface area contributed by atoms with Gasteiger partial charge in [-0.3, -0.25) is 19.7 Å². The number of nitro groups is 1. The van der Waals surface area contributed by atoms with E-state index in [4.69, 9.17) is 0 Å². The molecule has 7 nitrogen and oxygen atoms in total. The lowest BCUT2D eigenvalue weighted by Crippen LogP contribution is -2.19. The van der Waals surface area contributed by atoms with Crippen molar-refractivity contribution in [3.8, 4) is 0 Å². The van der Waals surface area contributed by atoms with E-state index in [1.54, 1.807) is 31.2 Å². The number of carbonyl (C=O) groups is 2. The molecule has 2 amide bonds. The third-order valence-electron chi connectivity index (χ3n) is 5.69. The number of rotatable bonds is 8. The minimum atomic E-state index is -0.636. The number of carbonyl (C=O) groups excluding carboxylic acids is 2.